The fourth-order valence-electron chi connectivity index (χ4n) is 6.14. The van der Waals surface area contributed by atoms with Crippen molar-refractivity contribution in [2.24, 2.45) is 5.41 Å². The van der Waals surface area contributed by atoms with E-state index in [1.54, 1.807) is 0 Å². The lowest BCUT2D eigenvalue weighted by atomic mass is 9.68. The summed E-state index contributed by atoms with van der Waals surface area (Å²) in [6, 6.07) is 1.69. The Kier molecular flexibility index (Phi) is 5.70. The third-order valence-electron chi connectivity index (χ3n) is 8.11. The number of alkyl halides is 2. The number of nitrogens with zero attached hydrogens (tertiary/aromatic N) is 3. The zero-order valence-corrected chi connectivity index (χ0v) is 20.4. The Morgan fingerprint density at radius 3 is 2.54 bits per heavy atom. The molecule has 3 heterocycles. The van der Waals surface area contributed by atoms with Crippen LogP contribution in [0.3, 0.4) is 0 Å². The smallest absolute Gasteiger partial charge is 0.318 e. The van der Waals surface area contributed by atoms with E-state index in [2.05, 4.69) is 15.3 Å². The van der Waals surface area contributed by atoms with Crippen molar-refractivity contribution in [3.05, 3.63) is 52.8 Å². The van der Waals surface area contributed by atoms with Gasteiger partial charge in [-0.05, 0) is 55.4 Å². The van der Waals surface area contributed by atoms with Crippen LogP contribution in [0.1, 0.15) is 44.1 Å². The first-order chi connectivity index (χ1) is 17.7. The maximum absolute atomic E-state index is 15.6. The molecule has 4 aliphatic rings. The van der Waals surface area contributed by atoms with Crippen molar-refractivity contribution >= 4 is 22.8 Å². The molecular weight excluding hydrogens is 488 g/mol. The maximum Gasteiger partial charge on any atom is 0.318 e. The number of benzene rings is 1. The number of methoxy groups -OCH3 is 1. The number of aliphatic hydroxyl groups excluding tert-OH is 1. The van der Waals surface area contributed by atoms with Gasteiger partial charge in [-0.25, -0.2) is 17.6 Å². The van der Waals surface area contributed by atoms with Crippen LogP contribution in [-0.2, 0) is 0 Å². The van der Waals surface area contributed by atoms with Gasteiger partial charge in [0.15, 0.2) is 5.82 Å². The van der Waals surface area contributed by atoms with E-state index in [0.717, 1.165) is 37.5 Å². The van der Waals surface area contributed by atoms with Gasteiger partial charge in [0.1, 0.15) is 22.9 Å². The molecule has 6 rings (SSSR count). The summed E-state index contributed by atoms with van der Waals surface area (Å²) in [5.41, 5.74) is -1.33. The normalized spacial score (nSPS) is 26.2. The molecular formula is C27H28F4N4O2. The molecule has 10 heteroatoms. The van der Waals surface area contributed by atoms with Crippen LogP contribution in [0.2, 0.25) is 0 Å². The Bertz CT molecular complexity index is 1340. The number of ether oxygens (including phenoxy) is 1. The van der Waals surface area contributed by atoms with Crippen LogP contribution in [0.25, 0.3) is 17.0 Å². The number of anilines is 1. The highest BCUT2D eigenvalue weighted by Crippen LogP contribution is 2.57. The van der Waals surface area contributed by atoms with E-state index in [4.69, 9.17) is 4.74 Å². The number of nitrogens with one attached hydrogen (secondary N) is 1. The quantitative estimate of drug-likeness (QED) is 0.313. The summed E-state index contributed by atoms with van der Waals surface area (Å²) < 4.78 is 64.9. The first-order valence-corrected chi connectivity index (χ1v) is 12.6. The number of fused-ring (bicyclic) bond motifs is 3. The molecule has 0 radical (unpaired) electrons. The minimum absolute atomic E-state index is 0.0446. The molecule has 2 N–H and O–H groups in total. The molecule has 3 fully saturated rings. The maximum atomic E-state index is 15.6. The average Bonchev–Trinajstić information content (AvgIpc) is 3.32. The number of hydrogen-bond acceptors (Lipinski definition) is 6. The van der Waals surface area contributed by atoms with Crippen LogP contribution in [0.5, 0.6) is 6.01 Å². The Balaban J connectivity index is 1.34. The summed E-state index contributed by atoms with van der Waals surface area (Å²) in [5, 5.41) is 14.0. The van der Waals surface area contributed by atoms with Crippen molar-refractivity contribution < 1.29 is 27.4 Å². The molecule has 2 atom stereocenters. The molecule has 37 heavy (non-hydrogen) atoms. The van der Waals surface area contributed by atoms with Gasteiger partial charge in [0.25, 0.3) is 5.92 Å². The molecule has 1 saturated carbocycles. The van der Waals surface area contributed by atoms with Crippen LogP contribution in [0.15, 0.2) is 35.6 Å². The van der Waals surface area contributed by atoms with Crippen LogP contribution in [0, 0.1) is 17.0 Å². The summed E-state index contributed by atoms with van der Waals surface area (Å²) in [6.45, 7) is 1.30. The monoisotopic (exact) mass is 516 g/mol. The van der Waals surface area contributed by atoms with E-state index in [0.29, 0.717) is 31.7 Å². The standard InChI is InChI=1S/C27H28F4N4O2/c1-37-25-33-23-20(24(34-25)35-12-16-3-4-17(13-35)32-16)10-21(28)19(22(23)29)6-5-18(36)9-15-11-26(7-2-8-26)14-27(15,30)31/h5-6,9-11,16-17,32,36H,2-4,7-8,12-14H2,1H3/b6-5+,18-9+. The third kappa shape index (κ3) is 4.24. The number of aliphatic hydroxyl groups is 1. The largest absolute Gasteiger partial charge is 0.508 e. The Morgan fingerprint density at radius 2 is 1.92 bits per heavy atom. The average molecular weight is 517 g/mol. The minimum atomic E-state index is -3.05. The van der Waals surface area contributed by atoms with E-state index in [9.17, 15) is 13.9 Å². The second-order valence-electron chi connectivity index (χ2n) is 10.7. The molecule has 2 aromatic rings. The lowest BCUT2D eigenvalue weighted by Gasteiger charge is -2.36. The molecule has 1 aromatic carbocycles. The molecule has 196 valence electrons. The van der Waals surface area contributed by atoms with Gasteiger partial charge in [-0.3, -0.25) is 0 Å². The fraction of sp³-hybridized carbons (Fsp3) is 0.481. The van der Waals surface area contributed by atoms with Crippen molar-refractivity contribution in [3.63, 3.8) is 0 Å². The number of rotatable bonds is 5. The number of halogens is 4. The fourth-order valence-corrected chi connectivity index (χ4v) is 6.14. The molecule has 2 aliphatic heterocycles. The Hall–Kier alpha value is -3.14. The van der Waals surface area contributed by atoms with Crippen molar-refractivity contribution in [1.82, 2.24) is 15.3 Å². The summed E-state index contributed by atoms with van der Waals surface area (Å²) in [5.74, 6) is -4.98. The minimum Gasteiger partial charge on any atom is -0.508 e. The third-order valence-corrected chi connectivity index (χ3v) is 8.11. The molecule has 6 nitrogen and oxygen atoms in total. The molecule has 2 aliphatic carbocycles. The zero-order chi connectivity index (χ0) is 25.9. The number of allylic oxidation sites excluding steroid dienone is 4. The van der Waals surface area contributed by atoms with Gasteiger partial charge in [0.05, 0.1) is 7.11 Å². The second kappa shape index (κ2) is 8.72. The molecule has 2 bridgehead atoms. The van der Waals surface area contributed by atoms with E-state index < -0.39 is 34.3 Å². The summed E-state index contributed by atoms with van der Waals surface area (Å²) in [4.78, 5) is 10.5. The van der Waals surface area contributed by atoms with E-state index in [1.165, 1.54) is 19.3 Å². The zero-order valence-electron chi connectivity index (χ0n) is 20.4. The van der Waals surface area contributed by atoms with Crippen LogP contribution in [-0.4, -0.2) is 53.3 Å². The Morgan fingerprint density at radius 1 is 1.19 bits per heavy atom. The van der Waals surface area contributed by atoms with Crippen LogP contribution in [0.4, 0.5) is 23.4 Å². The van der Waals surface area contributed by atoms with Crippen molar-refractivity contribution in [2.45, 2.75) is 56.5 Å². The second-order valence-corrected chi connectivity index (χ2v) is 10.7. The summed E-state index contributed by atoms with van der Waals surface area (Å²) in [7, 11) is 1.37. The molecule has 2 unspecified atom stereocenters. The predicted octanol–water partition coefficient (Wildman–Crippen LogP) is 5.45. The topological polar surface area (TPSA) is 70.5 Å². The van der Waals surface area contributed by atoms with Gasteiger partial charge in [0, 0.05) is 48.1 Å². The molecule has 1 spiro atoms. The van der Waals surface area contributed by atoms with Gasteiger partial charge in [-0.15, -0.1) is 0 Å². The lowest BCUT2D eigenvalue weighted by Crippen LogP contribution is -2.51. The SMILES string of the molecule is COc1nc(N2CC3CCC(C2)N3)c2cc(F)c(/C=C/C(O)=C\C3=CC4(CCC4)CC3(F)F)c(F)c2n1. The molecule has 1 aromatic heterocycles. The van der Waals surface area contributed by atoms with E-state index in [-0.39, 0.29) is 41.0 Å². The van der Waals surface area contributed by atoms with Crippen molar-refractivity contribution in [3.8, 4) is 6.01 Å². The Labute approximate surface area is 211 Å². The van der Waals surface area contributed by atoms with Gasteiger partial charge < -0.3 is 20.1 Å². The number of hydrogen-bond donors (Lipinski definition) is 2. The van der Waals surface area contributed by atoms with Gasteiger partial charge in [-0.2, -0.15) is 9.97 Å². The van der Waals surface area contributed by atoms with Crippen molar-refractivity contribution in [1.29, 1.82) is 0 Å². The predicted molar refractivity (Wildman–Crippen MR) is 132 cm³/mol. The molecule has 0 amide bonds. The highest BCUT2D eigenvalue weighted by atomic mass is 19.3. The first-order valence-electron chi connectivity index (χ1n) is 12.6. The highest BCUT2D eigenvalue weighted by Gasteiger charge is 2.52. The molecule has 2 saturated heterocycles. The van der Waals surface area contributed by atoms with E-state index >= 15 is 8.78 Å². The first kappa shape index (κ1) is 24.2. The lowest BCUT2D eigenvalue weighted by molar-refractivity contribution is 0.00207. The van der Waals surface area contributed by atoms with Crippen LogP contribution >= 0.6 is 0 Å². The van der Waals surface area contributed by atoms with Gasteiger partial charge >= 0.3 is 6.01 Å². The summed E-state index contributed by atoms with van der Waals surface area (Å²) in [6.07, 6.45) is 8.65. The van der Waals surface area contributed by atoms with Crippen molar-refractivity contribution in [2.75, 3.05) is 25.1 Å². The van der Waals surface area contributed by atoms with Gasteiger partial charge in [-0.1, -0.05) is 12.5 Å². The van der Waals surface area contributed by atoms with E-state index in [1.807, 2.05) is 4.90 Å². The van der Waals surface area contributed by atoms with Crippen LogP contribution < -0.4 is 15.0 Å². The number of piperazine rings is 1. The number of aromatic nitrogens is 2. The summed E-state index contributed by atoms with van der Waals surface area (Å²) >= 11 is 0. The highest BCUT2D eigenvalue weighted by molar-refractivity contribution is 5.92. The van der Waals surface area contributed by atoms with Gasteiger partial charge in [0.2, 0.25) is 0 Å².